The van der Waals surface area contributed by atoms with Crippen LogP contribution in [0.5, 0.6) is 0 Å². The van der Waals surface area contributed by atoms with Crippen LogP contribution in [0.1, 0.15) is 36.8 Å². The first-order valence-corrected chi connectivity index (χ1v) is 7.64. The number of likely N-dealkylation sites (N-methyl/N-ethyl adjacent to an activating group) is 1. The molecule has 0 spiro atoms. The standard InChI is InChI=1S/C16H21ClFN3/c1-4-13-10-16(21(5-2)20-13)15(19-3)9-11-8-12(18)6-7-14(11)17/h6-8,10,15,19H,4-5,9H2,1-3H3. The first kappa shape index (κ1) is 16.0. The molecule has 0 saturated heterocycles. The van der Waals surface area contributed by atoms with Crippen molar-refractivity contribution in [1.29, 1.82) is 0 Å². The monoisotopic (exact) mass is 309 g/mol. The number of aromatic nitrogens is 2. The molecule has 0 fully saturated rings. The zero-order valence-corrected chi connectivity index (χ0v) is 13.4. The molecule has 1 unspecified atom stereocenters. The molecule has 2 rings (SSSR count). The SMILES string of the molecule is CCc1cc(C(Cc2cc(F)ccc2Cl)NC)n(CC)n1. The minimum atomic E-state index is -0.262. The van der Waals surface area contributed by atoms with E-state index >= 15 is 0 Å². The highest BCUT2D eigenvalue weighted by molar-refractivity contribution is 6.31. The Kier molecular flexibility index (Phi) is 5.37. The van der Waals surface area contributed by atoms with Crippen LogP contribution < -0.4 is 5.32 Å². The van der Waals surface area contributed by atoms with Gasteiger partial charge in [0.1, 0.15) is 5.82 Å². The highest BCUT2D eigenvalue weighted by atomic mass is 35.5. The van der Waals surface area contributed by atoms with E-state index in [1.54, 1.807) is 6.07 Å². The summed E-state index contributed by atoms with van der Waals surface area (Å²) in [5.41, 5.74) is 2.98. The van der Waals surface area contributed by atoms with Gasteiger partial charge in [-0.05, 0) is 56.6 Å². The average molecular weight is 310 g/mol. The van der Waals surface area contributed by atoms with Crippen LogP contribution in [0.4, 0.5) is 4.39 Å². The fourth-order valence-corrected chi connectivity index (χ4v) is 2.66. The van der Waals surface area contributed by atoms with Gasteiger partial charge in [0.15, 0.2) is 0 Å². The topological polar surface area (TPSA) is 29.9 Å². The maximum Gasteiger partial charge on any atom is 0.123 e. The van der Waals surface area contributed by atoms with E-state index in [2.05, 4.69) is 30.3 Å². The zero-order valence-electron chi connectivity index (χ0n) is 12.7. The van der Waals surface area contributed by atoms with Gasteiger partial charge in [-0.15, -0.1) is 0 Å². The van der Waals surface area contributed by atoms with Crippen molar-refractivity contribution >= 4 is 11.6 Å². The number of halogens is 2. The third-order valence-corrected chi connectivity index (χ3v) is 4.03. The van der Waals surface area contributed by atoms with Gasteiger partial charge in [-0.2, -0.15) is 5.10 Å². The molecule has 3 nitrogen and oxygen atoms in total. The third-order valence-electron chi connectivity index (χ3n) is 3.66. The fourth-order valence-electron chi connectivity index (χ4n) is 2.47. The number of hydrogen-bond acceptors (Lipinski definition) is 2. The second-order valence-corrected chi connectivity index (χ2v) is 5.42. The summed E-state index contributed by atoms with van der Waals surface area (Å²) in [4.78, 5) is 0. The van der Waals surface area contributed by atoms with Crippen LogP contribution >= 0.6 is 11.6 Å². The van der Waals surface area contributed by atoms with E-state index in [1.807, 2.05) is 11.7 Å². The predicted octanol–water partition coefficient (Wildman–Crippen LogP) is 3.76. The number of nitrogens with zero attached hydrogens (tertiary/aromatic N) is 2. The molecule has 0 radical (unpaired) electrons. The number of nitrogens with one attached hydrogen (secondary N) is 1. The van der Waals surface area contributed by atoms with Crippen molar-refractivity contribution in [1.82, 2.24) is 15.1 Å². The van der Waals surface area contributed by atoms with Gasteiger partial charge in [0, 0.05) is 11.6 Å². The number of rotatable bonds is 6. The highest BCUT2D eigenvalue weighted by Gasteiger charge is 2.18. The Hall–Kier alpha value is -1.39. The van der Waals surface area contributed by atoms with Gasteiger partial charge in [-0.25, -0.2) is 4.39 Å². The molecule has 1 aromatic heterocycles. The normalized spacial score (nSPS) is 12.6. The van der Waals surface area contributed by atoms with Gasteiger partial charge in [-0.1, -0.05) is 18.5 Å². The van der Waals surface area contributed by atoms with Crippen LogP contribution in [0.15, 0.2) is 24.3 Å². The molecule has 0 aliphatic rings. The first-order chi connectivity index (χ1) is 10.1. The molecular formula is C16H21ClFN3. The van der Waals surface area contributed by atoms with Gasteiger partial charge in [-0.3, -0.25) is 4.68 Å². The van der Waals surface area contributed by atoms with Crippen LogP contribution in [0, 0.1) is 5.82 Å². The van der Waals surface area contributed by atoms with Crippen molar-refractivity contribution in [2.24, 2.45) is 0 Å². The Morgan fingerprint density at radius 2 is 2.10 bits per heavy atom. The summed E-state index contributed by atoms with van der Waals surface area (Å²) in [5.74, 6) is -0.262. The molecule has 1 N–H and O–H groups in total. The number of aryl methyl sites for hydroxylation is 2. The summed E-state index contributed by atoms with van der Waals surface area (Å²) in [5, 5.41) is 8.44. The predicted molar refractivity (Wildman–Crippen MR) is 84.2 cm³/mol. The lowest BCUT2D eigenvalue weighted by Crippen LogP contribution is -2.22. The molecule has 1 atom stereocenters. The minimum absolute atomic E-state index is 0.0528. The molecule has 1 aromatic carbocycles. The maximum atomic E-state index is 13.4. The molecule has 1 heterocycles. The van der Waals surface area contributed by atoms with Crippen molar-refractivity contribution < 1.29 is 4.39 Å². The Balaban J connectivity index is 2.31. The Morgan fingerprint density at radius 3 is 2.71 bits per heavy atom. The highest BCUT2D eigenvalue weighted by Crippen LogP contribution is 2.25. The Bertz CT molecular complexity index is 610. The summed E-state index contributed by atoms with van der Waals surface area (Å²) in [7, 11) is 1.90. The maximum absolute atomic E-state index is 13.4. The van der Waals surface area contributed by atoms with E-state index in [9.17, 15) is 4.39 Å². The molecule has 0 aliphatic heterocycles. The van der Waals surface area contributed by atoms with Gasteiger partial charge >= 0.3 is 0 Å². The molecule has 0 amide bonds. The van der Waals surface area contributed by atoms with Crippen molar-refractivity contribution in [2.45, 2.75) is 39.3 Å². The van der Waals surface area contributed by atoms with E-state index in [1.165, 1.54) is 12.1 Å². The van der Waals surface area contributed by atoms with Crippen LogP contribution in [0.25, 0.3) is 0 Å². The smallest absolute Gasteiger partial charge is 0.123 e. The molecular weight excluding hydrogens is 289 g/mol. The van der Waals surface area contributed by atoms with Crippen molar-refractivity contribution in [3.63, 3.8) is 0 Å². The second-order valence-electron chi connectivity index (χ2n) is 5.01. The van der Waals surface area contributed by atoms with Crippen LogP contribution in [0.3, 0.4) is 0 Å². The van der Waals surface area contributed by atoms with Gasteiger partial charge in [0.2, 0.25) is 0 Å². The summed E-state index contributed by atoms with van der Waals surface area (Å²) < 4.78 is 15.4. The molecule has 114 valence electrons. The van der Waals surface area contributed by atoms with E-state index in [0.29, 0.717) is 11.4 Å². The molecule has 2 aromatic rings. The molecule has 0 aliphatic carbocycles. The number of hydrogen-bond donors (Lipinski definition) is 1. The molecule has 0 bridgehead atoms. The van der Waals surface area contributed by atoms with E-state index < -0.39 is 0 Å². The van der Waals surface area contributed by atoms with E-state index in [-0.39, 0.29) is 11.9 Å². The quantitative estimate of drug-likeness (QED) is 0.880. The fraction of sp³-hybridized carbons (Fsp3) is 0.438. The van der Waals surface area contributed by atoms with Gasteiger partial charge in [0.05, 0.1) is 17.4 Å². The van der Waals surface area contributed by atoms with Gasteiger partial charge < -0.3 is 5.32 Å². The summed E-state index contributed by atoms with van der Waals surface area (Å²) in [6.07, 6.45) is 1.53. The molecule has 0 saturated carbocycles. The van der Waals surface area contributed by atoms with Crippen molar-refractivity contribution in [3.8, 4) is 0 Å². The lowest BCUT2D eigenvalue weighted by Gasteiger charge is -2.18. The van der Waals surface area contributed by atoms with E-state index in [4.69, 9.17) is 11.6 Å². The van der Waals surface area contributed by atoms with E-state index in [0.717, 1.165) is 29.9 Å². The number of benzene rings is 1. The Labute approximate surface area is 130 Å². The van der Waals surface area contributed by atoms with Crippen LogP contribution in [-0.4, -0.2) is 16.8 Å². The Morgan fingerprint density at radius 1 is 1.33 bits per heavy atom. The summed E-state index contributed by atoms with van der Waals surface area (Å²) in [6, 6.07) is 6.65. The second kappa shape index (κ2) is 7.05. The third kappa shape index (κ3) is 3.63. The lowest BCUT2D eigenvalue weighted by molar-refractivity contribution is 0.511. The summed E-state index contributed by atoms with van der Waals surface area (Å²) >= 11 is 6.17. The zero-order chi connectivity index (χ0) is 15.4. The van der Waals surface area contributed by atoms with Crippen molar-refractivity contribution in [2.75, 3.05) is 7.05 Å². The largest absolute Gasteiger partial charge is 0.311 e. The van der Waals surface area contributed by atoms with Crippen LogP contribution in [0.2, 0.25) is 5.02 Å². The molecule has 21 heavy (non-hydrogen) atoms. The summed E-state index contributed by atoms with van der Waals surface area (Å²) in [6.45, 7) is 4.96. The minimum Gasteiger partial charge on any atom is -0.311 e. The van der Waals surface area contributed by atoms with Crippen molar-refractivity contribution in [3.05, 3.63) is 52.1 Å². The first-order valence-electron chi connectivity index (χ1n) is 7.26. The average Bonchev–Trinajstić information content (AvgIpc) is 2.91. The molecule has 5 heteroatoms. The van der Waals surface area contributed by atoms with Gasteiger partial charge in [0.25, 0.3) is 0 Å². The lowest BCUT2D eigenvalue weighted by atomic mass is 10.0. The van der Waals surface area contributed by atoms with Crippen LogP contribution in [-0.2, 0) is 19.4 Å².